The molecule has 0 bridgehead atoms. The van der Waals surface area contributed by atoms with Gasteiger partial charge in [-0.25, -0.2) is 8.42 Å². The highest BCUT2D eigenvalue weighted by Crippen LogP contribution is 1.78. The molecule has 0 rings (SSSR count). The van der Waals surface area contributed by atoms with Crippen LogP contribution in [-0.2, 0) is 9.84 Å². The van der Waals surface area contributed by atoms with E-state index >= 15 is 0 Å². The summed E-state index contributed by atoms with van der Waals surface area (Å²) in [6, 6.07) is 1.85. The first-order valence-corrected chi connectivity index (χ1v) is 4.88. The number of nitrogens with zero attached hydrogens (tertiary/aromatic N) is 1. The SMILES string of the molecule is CS(=O)(=O)CCNCC#N. The van der Waals surface area contributed by atoms with E-state index in [1.165, 1.54) is 6.26 Å². The average molecular weight is 162 g/mol. The number of sulfone groups is 1. The Bertz CT molecular complexity index is 214. The van der Waals surface area contributed by atoms with Crippen LogP contribution in [0.1, 0.15) is 0 Å². The molecule has 0 fully saturated rings. The number of hydrogen-bond acceptors (Lipinski definition) is 4. The summed E-state index contributed by atoms with van der Waals surface area (Å²) in [5.74, 6) is 0.0919. The molecule has 5 heteroatoms. The molecular formula is C5H10N2O2S. The Labute approximate surface area is 60.8 Å². The Morgan fingerprint density at radius 3 is 2.60 bits per heavy atom. The lowest BCUT2D eigenvalue weighted by Gasteiger charge is -1.96. The smallest absolute Gasteiger partial charge is 0.148 e. The summed E-state index contributed by atoms with van der Waals surface area (Å²) >= 11 is 0. The van der Waals surface area contributed by atoms with Crippen molar-refractivity contribution < 1.29 is 8.42 Å². The van der Waals surface area contributed by atoms with Gasteiger partial charge in [-0.1, -0.05) is 0 Å². The lowest BCUT2D eigenvalue weighted by molar-refractivity contribution is 0.598. The Morgan fingerprint density at radius 2 is 2.20 bits per heavy atom. The zero-order chi connectivity index (χ0) is 8.04. The van der Waals surface area contributed by atoms with Gasteiger partial charge in [0.1, 0.15) is 9.84 Å². The summed E-state index contributed by atoms with van der Waals surface area (Å²) in [5.41, 5.74) is 0. The van der Waals surface area contributed by atoms with Crippen LogP contribution in [0.4, 0.5) is 0 Å². The normalized spacial score (nSPS) is 10.8. The summed E-state index contributed by atoms with van der Waals surface area (Å²) in [7, 11) is -2.88. The minimum Gasteiger partial charge on any atom is -0.303 e. The Morgan fingerprint density at radius 1 is 1.60 bits per heavy atom. The second-order valence-electron chi connectivity index (χ2n) is 1.96. The van der Waals surface area contributed by atoms with Crippen LogP contribution >= 0.6 is 0 Å². The predicted molar refractivity (Wildman–Crippen MR) is 38.2 cm³/mol. The van der Waals surface area contributed by atoms with Crippen LogP contribution in [0.2, 0.25) is 0 Å². The second-order valence-corrected chi connectivity index (χ2v) is 4.22. The van der Waals surface area contributed by atoms with Gasteiger partial charge in [0.2, 0.25) is 0 Å². The lowest BCUT2D eigenvalue weighted by atomic mass is 10.6. The molecule has 0 heterocycles. The zero-order valence-corrected chi connectivity index (χ0v) is 6.61. The number of hydrogen-bond donors (Lipinski definition) is 1. The molecule has 1 N–H and O–H groups in total. The van der Waals surface area contributed by atoms with Gasteiger partial charge >= 0.3 is 0 Å². The standard InChI is InChI=1S/C5H10N2O2S/c1-10(8,9)5-4-7-3-2-6/h7H,3-5H2,1H3. The monoisotopic (exact) mass is 162 g/mol. The van der Waals surface area contributed by atoms with Gasteiger partial charge in [-0.15, -0.1) is 0 Å². The minimum atomic E-state index is -2.88. The zero-order valence-electron chi connectivity index (χ0n) is 5.79. The molecule has 0 spiro atoms. The molecule has 0 saturated carbocycles. The van der Waals surface area contributed by atoms with Gasteiger partial charge in [0.15, 0.2) is 0 Å². The van der Waals surface area contributed by atoms with Gasteiger partial charge in [-0.05, 0) is 0 Å². The van der Waals surface area contributed by atoms with Crippen LogP contribution in [0.25, 0.3) is 0 Å². The van der Waals surface area contributed by atoms with Crippen molar-refractivity contribution in [1.82, 2.24) is 5.32 Å². The molecule has 0 radical (unpaired) electrons. The summed E-state index contributed by atoms with van der Waals surface area (Å²) in [5, 5.41) is 10.7. The fourth-order valence-electron chi connectivity index (χ4n) is 0.402. The maximum absolute atomic E-state index is 10.5. The van der Waals surface area contributed by atoms with Crippen LogP contribution in [0, 0.1) is 11.3 Å². The van der Waals surface area contributed by atoms with Crippen LogP contribution in [0.15, 0.2) is 0 Å². The van der Waals surface area contributed by atoms with E-state index in [0.29, 0.717) is 6.54 Å². The molecule has 0 aromatic rings. The van der Waals surface area contributed by atoms with Crippen molar-refractivity contribution in [1.29, 1.82) is 5.26 Å². The van der Waals surface area contributed by atoms with Crippen molar-refractivity contribution in [3.8, 4) is 6.07 Å². The molecular weight excluding hydrogens is 152 g/mol. The molecule has 0 aliphatic rings. The Balaban J connectivity index is 3.32. The molecule has 0 amide bonds. The molecule has 0 aromatic heterocycles. The second kappa shape index (κ2) is 4.25. The van der Waals surface area contributed by atoms with Crippen molar-refractivity contribution >= 4 is 9.84 Å². The van der Waals surface area contributed by atoms with Crippen LogP contribution in [0.3, 0.4) is 0 Å². The van der Waals surface area contributed by atoms with E-state index in [1.807, 2.05) is 6.07 Å². The van der Waals surface area contributed by atoms with Crippen LogP contribution in [-0.4, -0.2) is 33.5 Å². The highest BCUT2D eigenvalue weighted by Gasteiger charge is 1.98. The lowest BCUT2D eigenvalue weighted by Crippen LogP contribution is -2.22. The number of rotatable bonds is 4. The van der Waals surface area contributed by atoms with E-state index in [-0.39, 0.29) is 12.3 Å². The third-order valence-corrected chi connectivity index (χ3v) is 1.80. The summed E-state index contributed by atoms with van der Waals surface area (Å²) in [6.45, 7) is 0.557. The van der Waals surface area contributed by atoms with E-state index < -0.39 is 9.84 Å². The topological polar surface area (TPSA) is 70.0 Å². The average Bonchev–Trinajstić information content (AvgIpc) is 1.78. The van der Waals surface area contributed by atoms with Gasteiger partial charge in [-0.2, -0.15) is 5.26 Å². The summed E-state index contributed by atoms with van der Waals surface area (Å²) in [4.78, 5) is 0. The highest BCUT2D eigenvalue weighted by atomic mass is 32.2. The van der Waals surface area contributed by atoms with E-state index in [1.54, 1.807) is 0 Å². The molecule has 0 atom stereocenters. The molecule has 10 heavy (non-hydrogen) atoms. The first-order valence-electron chi connectivity index (χ1n) is 2.81. The van der Waals surface area contributed by atoms with Crippen molar-refractivity contribution in [3.63, 3.8) is 0 Å². The third kappa shape index (κ3) is 7.40. The van der Waals surface area contributed by atoms with E-state index in [0.717, 1.165) is 0 Å². The Hall–Kier alpha value is -0.600. The summed E-state index contributed by atoms with van der Waals surface area (Å²) < 4.78 is 20.9. The summed E-state index contributed by atoms with van der Waals surface area (Å²) in [6.07, 6.45) is 1.17. The molecule has 4 nitrogen and oxygen atoms in total. The van der Waals surface area contributed by atoms with Gasteiger partial charge in [0.25, 0.3) is 0 Å². The van der Waals surface area contributed by atoms with Crippen molar-refractivity contribution in [2.75, 3.05) is 25.1 Å². The van der Waals surface area contributed by atoms with Crippen molar-refractivity contribution in [3.05, 3.63) is 0 Å². The highest BCUT2D eigenvalue weighted by molar-refractivity contribution is 7.90. The number of nitriles is 1. The van der Waals surface area contributed by atoms with E-state index in [2.05, 4.69) is 5.32 Å². The molecule has 0 aliphatic carbocycles. The first-order chi connectivity index (χ1) is 4.56. The van der Waals surface area contributed by atoms with Crippen molar-refractivity contribution in [2.45, 2.75) is 0 Å². The van der Waals surface area contributed by atoms with Gasteiger partial charge in [0, 0.05) is 12.8 Å². The van der Waals surface area contributed by atoms with Gasteiger partial charge < -0.3 is 5.32 Å². The van der Waals surface area contributed by atoms with Crippen molar-refractivity contribution in [2.24, 2.45) is 0 Å². The van der Waals surface area contributed by atoms with E-state index in [9.17, 15) is 8.42 Å². The predicted octanol–water partition coefficient (Wildman–Crippen LogP) is -0.856. The number of nitrogens with one attached hydrogen (secondary N) is 1. The van der Waals surface area contributed by atoms with E-state index in [4.69, 9.17) is 5.26 Å². The maximum atomic E-state index is 10.5. The van der Waals surface area contributed by atoms with Crippen LogP contribution in [0.5, 0.6) is 0 Å². The fraction of sp³-hybridized carbons (Fsp3) is 0.800. The first kappa shape index (κ1) is 9.40. The third-order valence-electron chi connectivity index (χ3n) is 0.854. The largest absolute Gasteiger partial charge is 0.303 e. The molecule has 58 valence electrons. The fourth-order valence-corrected chi connectivity index (χ4v) is 0.917. The minimum absolute atomic E-state index is 0.0919. The Kier molecular flexibility index (Phi) is 4.00. The molecule has 0 aromatic carbocycles. The maximum Gasteiger partial charge on any atom is 0.148 e. The molecule has 0 aliphatic heterocycles. The molecule has 0 unspecified atom stereocenters. The molecule has 0 saturated heterocycles. The quantitative estimate of drug-likeness (QED) is 0.431. The van der Waals surface area contributed by atoms with Gasteiger partial charge in [0.05, 0.1) is 18.4 Å². The van der Waals surface area contributed by atoms with Gasteiger partial charge in [-0.3, -0.25) is 0 Å². The van der Waals surface area contributed by atoms with Crippen LogP contribution < -0.4 is 5.32 Å².